The van der Waals surface area contributed by atoms with Gasteiger partial charge in [-0.15, -0.1) is 0 Å². The van der Waals surface area contributed by atoms with Gasteiger partial charge in [0.15, 0.2) is 0 Å². The summed E-state index contributed by atoms with van der Waals surface area (Å²) in [5.74, 6) is 0.856. The lowest BCUT2D eigenvalue weighted by atomic mass is 10.0. The number of hydrogen-bond donors (Lipinski definition) is 1. The van der Waals surface area contributed by atoms with Crippen molar-refractivity contribution in [2.24, 2.45) is 0 Å². The number of carbonyl (C=O) groups is 1. The predicted octanol–water partition coefficient (Wildman–Crippen LogP) is 3.66. The van der Waals surface area contributed by atoms with Gasteiger partial charge in [0.25, 0.3) is 0 Å². The molecule has 1 aliphatic heterocycles. The van der Waals surface area contributed by atoms with Crippen LogP contribution in [0.4, 0.5) is 0 Å². The Balaban J connectivity index is 1.60. The summed E-state index contributed by atoms with van der Waals surface area (Å²) >= 11 is 3.53. The van der Waals surface area contributed by atoms with Gasteiger partial charge in [-0.3, -0.25) is 4.79 Å². The Morgan fingerprint density at radius 2 is 2.25 bits per heavy atom. The molecule has 0 spiro atoms. The van der Waals surface area contributed by atoms with E-state index >= 15 is 0 Å². The number of aromatic nitrogens is 2. The lowest BCUT2D eigenvalue weighted by Crippen LogP contribution is -2.36. The summed E-state index contributed by atoms with van der Waals surface area (Å²) in [5, 5.41) is 5.13. The molecule has 0 fully saturated rings. The molecule has 0 aliphatic carbocycles. The van der Waals surface area contributed by atoms with E-state index in [1.165, 1.54) is 16.6 Å². The largest absolute Gasteiger partial charge is 0.361 e. The molecule has 0 atom stereocenters. The molecule has 0 radical (unpaired) electrons. The minimum absolute atomic E-state index is 0.124. The molecule has 1 amide bonds. The molecule has 3 aromatic rings. The first-order valence-corrected chi connectivity index (χ1v) is 8.80. The van der Waals surface area contributed by atoms with Crippen molar-refractivity contribution in [3.05, 3.63) is 50.9 Å². The molecule has 1 aromatic carbocycles. The molecule has 0 bridgehead atoms. The van der Waals surface area contributed by atoms with Crippen molar-refractivity contribution in [3.63, 3.8) is 0 Å². The highest BCUT2D eigenvalue weighted by Crippen LogP contribution is 2.30. The van der Waals surface area contributed by atoms with Crippen molar-refractivity contribution in [1.82, 2.24) is 15.0 Å². The minimum atomic E-state index is 0.124. The van der Waals surface area contributed by atoms with Gasteiger partial charge in [0.2, 0.25) is 5.91 Å². The minimum Gasteiger partial charge on any atom is -0.361 e. The molecule has 5 nitrogen and oxygen atoms in total. The maximum Gasteiger partial charge on any atom is 0.227 e. The van der Waals surface area contributed by atoms with E-state index < -0.39 is 0 Å². The first-order chi connectivity index (χ1) is 11.5. The van der Waals surface area contributed by atoms with E-state index in [0.29, 0.717) is 13.0 Å². The molecule has 1 aliphatic rings. The van der Waals surface area contributed by atoms with E-state index in [2.05, 4.69) is 38.2 Å². The van der Waals surface area contributed by atoms with Crippen molar-refractivity contribution in [2.75, 3.05) is 6.54 Å². The van der Waals surface area contributed by atoms with Gasteiger partial charge in [-0.2, -0.15) is 0 Å². The van der Waals surface area contributed by atoms with Crippen LogP contribution in [0.2, 0.25) is 0 Å². The topological polar surface area (TPSA) is 62.1 Å². The molecular weight excluding hydrogens is 370 g/mol. The van der Waals surface area contributed by atoms with Crippen LogP contribution < -0.4 is 0 Å². The number of aryl methyl sites for hydroxylation is 2. The molecule has 124 valence electrons. The first-order valence-electron chi connectivity index (χ1n) is 8.01. The van der Waals surface area contributed by atoms with Gasteiger partial charge < -0.3 is 14.4 Å². The van der Waals surface area contributed by atoms with E-state index in [4.69, 9.17) is 4.52 Å². The molecule has 0 saturated carbocycles. The monoisotopic (exact) mass is 387 g/mol. The molecule has 4 rings (SSSR count). The number of carbonyl (C=O) groups excluding carboxylic acids is 1. The summed E-state index contributed by atoms with van der Waals surface area (Å²) in [4.78, 5) is 18.2. The molecule has 24 heavy (non-hydrogen) atoms. The fourth-order valence-corrected chi connectivity index (χ4v) is 3.78. The van der Waals surface area contributed by atoms with Gasteiger partial charge in [-0.25, -0.2) is 0 Å². The molecule has 0 unspecified atom stereocenters. The van der Waals surface area contributed by atoms with Crippen LogP contribution >= 0.6 is 15.9 Å². The van der Waals surface area contributed by atoms with Crippen LogP contribution in [0, 0.1) is 13.8 Å². The summed E-state index contributed by atoms with van der Waals surface area (Å²) < 4.78 is 6.22. The Morgan fingerprint density at radius 1 is 1.42 bits per heavy atom. The van der Waals surface area contributed by atoms with E-state index in [1.807, 2.05) is 24.8 Å². The number of halogens is 1. The van der Waals surface area contributed by atoms with Gasteiger partial charge >= 0.3 is 0 Å². The summed E-state index contributed by atoms with van der Waals surface area (Å²) in [6.45, 7) is 5.12. The number of H-pyrrole nitrogens is 1. The highest BCUT2D eigenvalue weighted by molar-refractivity contribution is 9.10. The number of amides is 1. The predicted molar refractivity (Wildman–Crippen MR) is 94.8 cm³/mol. The average molecular weight is 388 g/mol. The zero-order valence-electron chi connectivity index (χ0n) is 13.6. The lowest BCUT2D eigenvalue weighted by Gasteiger charge is -2.27. The maximum absolute atomic E-state index is 12.7. The van der Waals surface area contributed by atoms with Crippen LogP contribution in [0.3, 0.4) is 0 Å². The van der Waals surface area contributed by atoms with E-state index in [0.717, 1.165) is 40.0 Å². The van der Waals surface area contributed by atoms with E-state index in [1.54, 1.807) is 0 Å². The SMILES string of the molecule is Cc1noc(C)c1CC(=O)N1CCc2[nH]c3ccc(Br)cc3c2C1. The smallest absolute Gasteiger partial charge is 0.227 e. The molecular formula is C18H18BrN3O2. The van der Waals surface area contributed by atoms with Crippen LogP contribution in [0.5, 0.6) is 0 Å². The maximum atomic E-state index is 12.7. The Morgan fingerprint density at radius 3 is 3.00 bits per heavy atom. The molecule has 2 aromatic heterocycles. The number of hydrogen-bond acceptors (Lipinski definition) is 3. The molecule has 1 N–H and O–H groups in total. The van der Waals surface area contributed by atoms with Crippen LogP contribution in [0.15, 0.2) is 27.2 Å². The van der Waals surface area contributed by atoms with Gasteiger partial charge in [-0.1, -0.05) is 21.1 Å². The zero-order chi connectivity index (χ0) is 16.8. The van der Waals surface area contributed by atoms with Crippen molar-refractivity contribution in [3.8, 4) is 0 Å². The number of benzene rings is 1. The molecule has 0 saturated heterocycles. The van der Waals surface area contributed by atoms with Crippen LogP contribution in [-0.2, 0) is 24.2 Å². The Labute approximate surface area is 148 Å². The van der Waals surface area contributed by atoms with Crippen LogP contribution in [0.25, 0.3) is 10.9 Å². The number of nitrogens with zero attached hydrogens (tertiary/aromatic N) is 2. The van der Waals surface area contributed by atoms with Gasteiger partial charge in [0.05, 0.1) is 12.1 Å². The summed E-state index contributed by atoms with van der Waals surface area (Å²) in [6, 6.07) is 6.23. The second-order valence-corrected chi connectivity index (χ2v) is 7.23. The van der Waals surface area contributed by atoms with Crippen molar-refractivity contribution in [2.45, 2.75) is 33.2 Å². The standard InChI is InChI=1S/C18H18BrN3O2/c1-10-13(11(2)24-21-10)8-18(23)22-6-5-17-15(9-22)14-7-12(19)3-4-16(14)20-17/h3-4,7,20H,5-6,8-9H2,1-2H3. The number of rotatable bonds is 2. The molecule has 6 heteroatoms. The van der Waals surface area contributed by atoms with Crippen LogP contribution in [0.1, 0.15) is 28.3 Å². The lowest BCUT2D eigenvalue weighted by molar-refractivity contribution is -0.131. The third-order valence-corrected chi connectivity index (χ3v) is 5.29. The van der Waals surface area contributed by atoms with Crippen LogP contribution in [-0.4, -0.2) is 27.5 Å². The summed E-state index contributed by atoms with van der Waals surface area (Å²) in [7, 11) is 0. The highest BCUT2D eigenvalue weighted by atomic mass is 79.9. The normalized spacial score (nSPS) is 14.2. The second-order valence-electron chi connectivity index (χ2n) is 6.32. The second kappa shape index (κ2) is 5.77. The Hall–Kier alpha value is -2.08. The first kappa shape index (κ1) is 15.4. The van der Waals surface area contributed by atoms with Gasteiger partial charge in [0, 0.05) is 51.7 Å². The average Bonchev–Trinajstić information content (AvgIpc) is 3.08. The highest BCUT2D eigenvalue weighted by Gasteiger charge is 2.25. The Kier molecular flexibility index (Phi) is 3.72. The third-order valence-electron chi connectivity index (χ3n) is 4.80. The summed E-state index contributed by atoms with van der Waals surface area (Å²) in [5.41, 5.74) is 5.31. The number of nitrogens with one attached hydrogen (secondary N) is 1. The third kappa shape index (κ3) is 2.55. The van der Waals surface area contributed by atoms with Crippen molar-refractivity contribution in [1.29, 1.82) is 0 Å². The zero-order valence-corrected chi connectivity index (χ0v) is 15.2. The fourth-order valence-electron chi connectivity index (χ4n) is 3.42. The van der Waals surface area contributed by atoms with E-state index in [9.17, 15) is 4.79 Å². The number of fused-ring (bicyclic) bond motifs is 3. The van der Waals surface area contributed by atoms with Crippen molar-refractivity contribution < 1.29 is 9.32 Å². The summed E-state index contributed by atoms with van der Waals surface area (Å²) in [6.07, 6.45) is 1.21. The number of aromatic amines is 1. The molecule has 3 heterocycles. The fraction of sp³-hybridized carbons (Fsp3) is 0.333. The van der Waals surface area contributed by atoms with Crippen molar-refractivity contribution >= 4 is 32.7 Å². The quantitative estimate of drug-likeness (QED) is 0.729. The Bertz CT molecular complexity index is 922. The van der Waals surface area contributed by atoms with Gasteiger partial charge in [-0.05, 0) is 32.0 Å². The van der Waals surface area contributed by atoms with E-state index in [-0.39, 0.29) is 5.91 Å². The van der Waals surface area contributed by atoms with Gasteiger partial charge in [0.1, 0.15) is 5.76 Å².